The first-order chi connectivity index (χ1) is 7.50. The fourth-order valence-corrected chi connectivity index (χ4v) is 1.59. The van der Waals surface area contributed by atoms with E-state index in [1.54, 1.807) is 14.0 Å². The van der Waals surface area contributed by atoms with Gasteiger partial charge in [-0.15, -0.1) is 0 Å². The highest BCUT2D eigenvalue weighted by Gasteiger charge is 2.19. The maximum atomic E-state index is 11.7. The third kappa shape index (κ3) is 3.56. The molecule has 1 unspecified atom stereocenters. The Hall–Kier alpha value is -1.52. The van der Waals surface area contributed by atoms with Crippen LogP contribution < -0.4 is 5.32 Å². The first kappa shape index (κ1) is 12.5. The first-order valence-electron chi connectivity index (χ1n) is 5.40. The summed E-state index contributed by atoms with van der Waals surface area (Å²) in [5.41, 5.74) is 0. The van der Waals surface area contributed by atoms with Gasteiger partial charge in [0.05, 0.1) is 5.92 Å². The number of urea groups is 1. The van der Waals surface area contributed by atoms with Crippen LogP contribution in [0.1, 0.15) is 19.8 Å². The molecule has 0 aromatic heterocycles. The number of nitrogens with zero attached hydrogens (tertiary/aromatic N) is 1. The van der Waals surface area contributed by atoms with Crippen molar-refractivity contribution in [1.82, 2.24) is 10.2 Å². The molecular formula is C11H18N2O3. The molecule has 0 spiro atoms. The average Bonchev–Trinajstić information content (AvgIpc) is 2.69. The summed E-state index contributed by atoms with van der Waals surface area (Å²) in [6, 6.07) is -0.0446. The SMILES string of the molecule is CC(CN(C)C(=O)NC1CC=CC1)C(=O)O. The Morgan fingerprint density at radius 1 is 1.50 bits per heavy atom. The van der Waals surface area contributed by atoms with Gasteiger partial charge in [-0.05, 0) is 12.8 Å². The van der Waals surface area contributed by atoms with E-state index in [1.165, 1.54) is 4.90 Å². The molecule has 0 saturated carbocycles. The van der Waals surface area contributed by atoms with Crippen molar-refractivity contribution in [1.29, 1.82) is 0 Å². The lowest BCUT2D eigenvalue weighted by molar-refractivity contribution is -0.141. The molecular weight excluding hydrogens is 208 g/mol. The molecule has 2 amide bonds. The zero-order chi connectivity index (χ0) is 12.1. The normalized spacial score (nSPS) is 17.1. The summed E-state index contributed by atoms with van der Waals surface area (Å²) in [5.74, 6) is -1.43. The van der Waals surface area contributed by atoms with Gasteiger partial charge in [0, 0.05) is 19.6 Å². The van der Waals surface area contributed by atoms with E-state index in [0.29, 0.717) is 0 Å². The molecule has 90 valence electrons. The molecule has 0 saturated heterocycles. The second-order valence-corrected chi connectivity index (χ2v) is 4.21. The molecule has 1 rings (SSSR count). The number of hydrogen-bond donors (Lipinski definition) is 2. The monoisotopic (exact) mass is 226 g/mol. The van der Waals surface area contributed by atoms with Crippen molar-refractivity contribution in [3.63, 3.8) is 0 Å². The van der Waals surface area contributed by atoms with Crippen molar-refractivity contribution in [2.75, 3.05) is 13.6 Å². The molecule has 1 aliphatic rings. The number of carbonyl (C=O) groups excluding carboxylic acids is 1. The van der Waals surface area contributed by atoms with Crippen molar-refractivity contribution in [3.05, 3.63) is 12.2 Å². The van der Waals surface area contributed by atoms with Gasteiger partial charge >= 0.3 is 12.0 Å². The largest absolute Gasteiger partial charge is 0.481 e. The third-order valence-corrected chi connectivity index (χ3v) is 2.65. The minimum atomic E-state index is -0.887. The third-order valence-electron chi connectivity index (χ3n) is 2.65. The van der Waals surface area contributed by atoms with Crippen molar-refractivity contribution in [2.45, 2.75) is 25.8 Å². The molecule has 1 aliphatic carbocycles. The maximum absolute atomic E-state index is 11.7. The van der Waals surface area contributed by atoms with Crippen molar-refractivity contribution in [3.8, 4) is 0 Å². The molecule has 0 aromatic rings. The molecule has 0 aliphatic heterocycles. The second kappa shape index (κ2) is 5.53. The van der Waals surface area contributed by atoms with E-state index in [1.807, 2.05) is 12.2 Å². The van der Waals surface area contributed by atoms with Gasteiger partial charge in [-0.3, -0.25) is 4.79 Å². The summed E-state index contributed by atoms with van der Waals surface area (Å²) in [6.07, 6.45) is 5.78. The Bertz CT molecular complexity index is 294. The summed E-state index contributed by atoms with van der Waals surface area (Å²) in [5, 5.41) is 11.6. The average molecular weight is 226 g/mol. The van der Waals surface area contributed by atoms with E-state index in [-0.39, 0.29) is 18.6 Å². The molecule has 16 heavy (non-hydrogen) atoms. The quantitative estimate of drug-likeness (QED) is 0.704. The van der Waals surface area contributed by atoms with Crippen LogP contribution in [0.15, 0.2) is 12.2 Å². The number of nitrogens with one attached hydrogen (secondary N) is 1. The van der Waals surface area contributed by atoms with Crippen LogP contribution >= 0.6 is 0 Å². The standard InChI is InChI=1S/C11H18N2O3/c1-8(10(14)15)7-13(2)11(16)12-9-5-3-4-6-9/h3-4,8-9H,5-7H2,1-2H3,(H,12,16)(H,14,15). The van der Waals surface area contributed by atoms with Gasteiger partial charge in [0.2, 0.25) is 0 Å². The van der Waals surface area contributed by atoms with E-state index in [9.17, 15) is 9.59 Å². The fourth-order valence-electron chi connectivity index (χ4n) is 1.59. The zero-order valence-electron chi connectivity index (χ0n) is 9.64. The highest BCUT2D eigenvalue weighted by Crippen LogP contribution is 2.09. The highest BCUT2D eigenvalue weighted by molar-refractivity contribution is 5.76. The lowest BCUT2D eigenvalue weighted by atomic mass is 10.2. The van der Waals surface area contributed by atoms with Crippen molar-refractivity contribution in [2.24, 2.45) is 5.92 Å². The molecule has 0 fully saturated rings. The van der Waals surface area contributed by atoms with Gasteiger partial charge in [-0.25, -0.2) is 4.79 Å². The molecule has 1 atom stereocenters. The summed E-state index contributed by atoms with van der Waals surface area (Å²) in [6.45, 7) is 1.81. The van der Waals surface area contributed by atoms with Gasteiger partial charge in [0.25, 0.3) is 0 Å². The minimum Gasteiger partial charge on any atom is -0.481 e. The summed E-state index contributed by atoms with van der Waals surface area (Å²) >= 11 is 0. The van der Waals surface area contributed by atoms with E-state index < -0.39 is 11.9 Å². The van der Waals surface area contributed by atoms with Gasteiger partial charge in [0.1, 0.15) is 0 Å². The van der Waals surface area contributed by atoms with Crippen LogP contribution in [-0.2, 0) is 4.79 Å². The number of carbonyl (C=O) groups is 2. The van der Waals surface area contributed by atoms with Gasteiger partial charge in [-0.1, -0.05) is 19.1 Å². The van der Waals surface area contributed by atoms with Crippen LogP contribution in [0.4, 0.5) is 4.79 Å². The topological polar surface area (TPSA) is 69.6 Å². The molecule has 2 N–H and O–H groups in total. The van der Waals surface area contributed by atoms with Crippen molar-refractivity contribution >= 4 is 12.0 Å². The summed E-state index contributed by atoms with van der Waals surface area (Å²) < 4.78 is 0. The number of carboxylic acids is 1. The number of hydrogen-bond acceptors (Lipinski definition) is 2. The lowest BCUT2D eigenvalue weighted by Gasteiger charge is -2.22. The predicted molar refractivity (Wildman–Crippen MR) is 60.1 cm³/mol. The summed E-state index contributed by atoms with van der Waals surface area (Å²) in [7, 11) is 1.61. The van der Waals surface area contributed by atoms with Crippen LogP contribution in [-0.4, -0.2) is 41.6 Å². The Balaban J connectivity index is 2.32. The van der Waals surface area contributed by atoms with Gasteiger partial charge in [0.15, 0.2) is 0 Å². The van der Waals surface area contributed by atoms with Crippen LogP contribution in [0.3, 0.4) is 0 Å². The highest BCUT2D eigenvalue weighted by atomic mass is 16.4. The number of aliphatic carboxylic acids is 1. The Morgan fingerprint density at radius 3 is 2.56 bits per heavy atom. The number of rotatable bonds is 4. The van der Waals surface area contributed by atoms with Crippen LogP contribution in [0, 0.1) is 5.92 Å². The van der Waals surface area contributed by atoms with E-state index in [2.05, 4.69) is 5.32 Å². The molecule has 5 nitrogen and oxygen atoms in total. The Kier molecular flexibility index (Phi) is 4.34. The smallest absolute Gasteiger partial charge is 0.317 e. The molecule has 0 aromatic carbocycles. The number of carboxylic acid groups (broad SMARTS) is 1. The van der Waals surface area contributed by atoms with E-state index >= 15 is 0 Å². The van der Waals surface area contributed by atoms with Crippen LogP contribution in [0.5, 0.6) is 0 Å². The van der Waals surface area contributed by atoms with Gasteiger partial charge < -0.3 is 15.3 Å². The first-order valence-corrected chi connectivity index (χ1v) is 5.40. The van der Waals surface area contributed by atoms with Crippen molar-refractivity contribution < 1.29 is 14.7 Å². The molecule has 5 heteroatoms. The van der Waals surface area contributed by atoms with Crippen LogP contribution in [0.2, 0.25) is 0 Å². The zero-order valence-corrected chi connectivity index (χ0v) is 9.64. The van der Waals surface area contributed by atoms with Crippen LogP contribution in [0.25, 0.3) is 0 Å². The lowest BCUT2D eigenvalue weighted by Crippen LogP contribution is -2.44. The summed E-state index contributed by atoms with van der Waals surface area (Å²) in [4.78, 5) is 23.7. The molecule has 0 bridgehead atoms. The minimum absolute atomic E-state index is 0.162. The Morgan fingerprint density at radius 2 is 2.06 bits per heavy atom. The predicted octanol–water partition coefficient (Wildman–Crippen LogP) is 1.07. The van der Waals surface area contributed by atoms with E-state index in [4.69, 9.17) is 5.11 Å². The molecule has 0 heterocycles. The maximum Gasteiger partial charge on any atom is 0.317 e. The number of amides is 2. The fraction of sp³-hybridized carbons (Fsp3) is 0.636. The Labute approximate surface area is 95.1 Å². The van der Waals surface area contributed by atoms with E-state index in [0.717, 1.165) is 12.8 Å². The molecule has 0 radical (unpaired) electrons. The van der Waals surface area contributed by atoms with Gasteiger partial charge in [-0.2, -0.15) is 0 Å². The second-order valence-electron chi connectivity index (χ2n) is 4.21.